The number of carbonyl (C=O) groups excluding carboxylic acids is 1. The van der Waals surface area contributed by atoms with E-state index in [2.05, 4.69) is 10.8 Å². The number of hydrogen-bond acceptors (Lipinski definition) is 11. The Hall–Kier alpha value is -8.15. The van der Waals surface area contributed by atoms with Gasteiger partial charge in [0.2, 0.25) is 0 Å². The molecular weight excluding hydrogens is 809 g/mol. The summed E-state index contributed by atoms with van der Waals surface area (Å²) in [7, 11) is 0. The van der Waals surface area contributed by atoms with E-state index in [1.165, 1.54) is 24.3 Å². The van der Waals surface area contributed by atoms with Crippen molar-refractivity contribution in [1.82, 2.24) is 0 Å². The zero-order chi connectivity index (χ0) is 45.0. The van der Waals surface area contributed by atoms with E-state index in [4.69, 9.17) is 40.1 Å². The number of aromatic hydroxyl groups is 1. The van der Waals surface area contributed by atoms with Gasteiger partial charge in [-0.05, 0) is 115 Å². The van der Waals surface area contributed by atoms with Gasteiger partial charge in [-0.3, -0.25) is 15.1 Å². The number of para-hydroxylation sites is 2. The third-order valence-corrected chi connectivity index (χ3v) is 8.71. The number of phenolic OH excluding ortho intramolecular Hbond substituents is 1. The molecule has 6 aromatic carbocycles. The number of carboxylic acid groups (broad SMARTS) is 2. The van der Waals surface area contributed by atoms with E-state index in [0.717, 1.165) is 5.75 Å². The van der Waals surface area contributed by atoms with Crippen LogP contribution in [0.3, 0.4) is 0 Å². The maximum Gasteiger partial charge on any atom is 0.336 e. The van der Waals surface area contributed by atoms with Crippen LogP contribution in [0, 0.1) is 17.9 Å². The number of nitrogens with one attached hydrogen (secondary N) is 2. The molecule has 0 fully saturated rings. The third-order valence-electron chi connectivity index (χ3n) is 8.71. The molecule has 0 heterocycles. The number of benzene rings is 6. The van der Waals surface area contributed by atoms with Gasteiger partial charge >= 0.3 is 11.9 Å². The van der Waals surface area contributed by atoms with Gasteiger partial charge in [0, 0.05) is 11.1 Å². The van der Waals surface area contributed by atoms with Gasteiger partial charge in [0.05, 0.1) is 35.6 Å². The number of phenols is 1. The molecule has 6 rings (SSSR count). The summed E-state index contributed by atoms with van der Waals surface area (Å²) >= 11 is 0. The molecule has 0 saturated heterocycles. The molecule has 0 aliphatic heterocycles. The van der Waals surface area contributed by atoms with Crippen LogP contribution in [-0.2, 0) is 11.4 Å². The molecule has 0 aliphatic rings. The van der Waals surface area contributed by atoms with E-state index in [0.29, 0.717) is 59.8 Å². The fourth-order valence-corrected chi connectivity index (χ4v) is 5.53. The Bertz CT molecular complexity index is 2450. The molecule has 0 spiro atoms. The fraction of sp³-hybridized carbons (Fsp3) is 0.163. The summed E-state index contributed by atoms with van der Waals surface area (Å²) in [5.41, 5.74) is 3.75. The number of anilines is 2. The lowest BCUT2D eigenvalue weighted by Gasteiger charge is -2.25. The van der Waals surface area contributed by atoms with Crippen LogP contribution in [0.5, 0.6) is 34.5 Å². The molecule has 1 amide bonds. The van der Waals surface area contributed by atoms with E-state index < -0.39 is 17.8 Å². The summed E-state index contributed by atoms with van der Waals surface area (Å²) in [6, 6.07) is 40.4. The molecule has 0 aliphatic carbocycles. The van der Waals surface area contributed by atoms with Gasteiger partial charge in [0.25, 0.3) is 5.91 Å². The van der Waals surface area contributed by atoms with Gasteiger partial charge in [-0.1, -0.05) is 56.7 Å². The standard InChI is InChI=1S/C43H40N2O11.C6H6O/c1-4-51-36-19-21-38(42(49)50)39(25-36)40(46)44-30-10-14-33(15-11-30)54-27-43(2,3)28-55-34-16-12-31(13-17-34)45-56-26-29-24-35(18-20-37(29)41(47)48)53-23-22-52-32-8-6-5-7-9-32;7-6-4-2-1-3-5-6/h1,5-21,24-25,45H,22-23,26-28H2,2-3H3,(H,44,46)(H,47,48)(H,49,50);1-5,7H. The molecule has 0 saturated carbocycles. The maximum atomic E-state index is 12.9. The van der Waals surface area contributed by atoms with Gasteiger partial charge in [-0.15, -0.1) is 0 Å². The van der Waals surface area contributed by atoms with Gasteiger partial charge in [-0.25, -0.2) is 9.59 Å². The lowest BCUT2D eigenvalue weighted by atomic mass is 9.96. The van der Waals surface area contributed by atoms with Crippen molar-refractivity contribution in [1.29, 1.82) is 0 Å². The zero-order valence-electron chi connectivity index (χ0n) is 34.5. The number of ether oxygens (including phenoxy) is 5. The first kappa shape index (κ1) is 45.9. The van der Waals surface area contributed by atoms with E-state index in [9.17, 15) is 24.6 Å². The number of aromatic carboxylic acids is 2. The minimum Gasteiger partial charge on any atom is -0.508 e. The van der Waals surface area contributed by atoms with Crippen molar-refractivity contribution in [2.75, 3.05) is 37.2 Å². The number of amides is 1. The highest BCUT2D eigenvalue weighted by Crippen LogP contribution is 2.26. The van der Waals surface area contributed by atoms with Crippen LogP contribution in [0.2, 0.25) is 0 Å². The topological polar surface area (TPSA) is 191 Å². The largest absolute Gasteiger partial charge is 0.508 e. The van der Waals surface area contributed by atoms with Crippen LogP contribution in [0.4, 0.5) is 11.4 Å². The molecule has 5 N–H and O–H groups in total. The molecule has 0 unspecified atom stereocenters. The number of hydrogen-bond donors (Lipinski definition) is 5. The molecule has 6 aromatic rings. The molecule has 324 valence electrons. The first-order valence-electron chi connectivity index (χ1n) is 19.4. The Balaban J connectivity index is 0.000000971. The minimum atomic E-state index is -1.27. The normalized spacial score (nSPS) is 10.5. The van der Waals surface area contributed by atoms with Crippen LogP contribution in [-0.4, -0.2) is 59.6 Å². The van der Waals surface area contributed by atoms with Gasteiger partial charge in [-0.2, -0.15) is 0 Å². The van der Waals surface area contributed by atoms with Gasteiger partial charge in [0.15, 0.2) is 0 Å². The Morgan fingerprint density at radius 3 is 1.65 bits per heavy atom. The SMILES string of the molecule is C#COc1ccc(C(=O)O)c(C(=O)Nc2ccc(OCC(C)(C)COc3ccc(NOCc4cc(OCCOc5ccccc5)ccc4C(=O)O)cc3)cc2)c1.Oc1ccccc1. The quantitative estimate of drug-likeness (QED) is 0.0278. The predicted octanol–water partition coefficient (Wildman–Crippen LogP) is 9.18. The minimum absolute atomic E-state index is 0.0329. The second-order valence-electron chi connectivity index (χ2n) is 14.3. The molecule has 63 heavy (non-hydrogen) atoms. The molecule has 0 bridgehead atoms. The summed E-state index contributed by atoms with van der Waals surface area (Å²) in [4.78, 5) is 42.0. The van der Waals surface area contributed by atoms with Crippen molar-refractivity contribution in [3.8, 4) is 47.0 Å². The summed E-state index contributed by atoms with van der Waals surface area (Å²) in [5.74, 6) is -0.0837. The third kappa shape index (κ3) is 15.1. The average molecular weight is 855 g/mol. The molecular formula is C49H46N2O12. The Morgan fingerprint density at radius 1 is 0.587 bits per heavy atom. The van der Waals surface area contributed by atoms with Crippen molar-refractivity contribution < 1.29 is 58.2 Å². The van der Waals surface area contributed by atoms with Crippen LogP contribution in [0.25, 0.3) is 0 Å². The van der Waals surface area contributed by atoms with Gasteiger partial charge in [0.1, 0.15) is 60.4 Å². The molecule has 0 radical (unpaired) electrons. The first-order valence-corrected chi connectivity index (χ1v) is 19.4. The van der Waals surface area contributed by atoms with Crippen LogP contribution >= 0.6 is 0 Å². The van der Waals surface area contributed by atoms with E-state index >= 15 is 0 Å². The molecule has 0 atom stereocenters. The van der Waals surface area contributed by atoms with Crippen LogP contribution < -0.4 is 34.5 Å². The number of terminal acetylenes is 1. The highest BCUT2D eigenvalue weighted by Gasteiger charge is 2.21. The summed E-state index contributed by atoms with van der Waals surface area (Å²) in [6.45, 7) is 5.22. The van der Waals surface area contributed by atoms with Crippen molar-refractivity contribution in [2.24, 2.45) is 5.41 Å². The maximum absolute atomic E-state index is 12.9. The highest BCUT2D eigenvalue weighted by molar-refractivity contribution is 6.11. The molecule has 14 nitrogen and oxygen atoms in total. The zero-order valence-corrected chi connectivity index (χ0v) is 34.5. The summed E-state index contributed by atoms with van der Waals surface area (Å²) in [6.07, 6.45) is 7.14. The first-order chi connectivity index (χ1) is 30.4. The van der Waals surface area contributed by atoms with Gasteiger partial charge < -0.3 is 44.3 Å². The van der Waals surface area contributed by atoms with E-state index in [-0.39, 0.29) is 41.1 Å². The molecule has 0 aromatic heterocycles. The lowest BCUT2D eigenvalue weighted by molar-refractivity contribution is 0.0682. The van der Waals surface area contributed by atoms with Crippen molar-refractivity contribution in [2.45, 2.75) is 20.5 Å². The number of carbonyl (C=O) groups is 3. The fourth-order valence-electron chi connectivity index (χ4n) is 5.53. The summed E-state index contributed by atoms with van der Waals surface area (Å²) in [5, 5.41) is 30.5. The van der Waals surface area contributed by atoms with Crippen molar-refractivity contribution in [3.63, 3.8) is 0 Å². The second-order valence-corrected chi connectivity index (χ2v) is 14.3. The Kier molecular flexibility index (Phi) is 16.8. The van der Waals surface area contributed by atoms with Crippen molar-refractivity contribution in [3.05, 3.63) is 168 Å². The smallest absolute Gasteiger partial charge is 0.336 e. The number of rotatable bonds is 20. The highest BCUT2D eigenvalue weighted by atomic mass is 16.6. The van der Waals surface area contributed by atoms with Crippen molar-refractivity contribution >= 4 is 29.2 Å². The average Bonchev–Trinajstić information content (AvgIpc) is 3.28. The monoisotopic (exact) mass is 854 g/mol. The second kappa shape index (κ2) is 23.0. The van der Waals surface area contributed by atoms with Crippen LogP contribution in [0.15, 0.2) is 146 Å². The Morgan fingerprint density at radius 2 is 1.10 bits per heavy atom. The predicted molar refractivity (Wildman–Crippen MR) is 236 cm³/mol. The lowest BCUT2D eigenvalue weighted by Crippen LogP contribution is -2.28. The summed E-state index contributed by atoms with van der Waals surface area (Å²) < 4.78 is 28.4. The van der Waals surface area contributed by atoms with E-state index in [1.807, 2.05) is 56.4 Å². The van der Waals surface area contributed by atoms with E-state index in [1.54, 1.807) is 84.9 Å². The van der Waals surface area contributed by atoms with Crippen LogP contribution in [0.1, 0.15) is 50.5 Å². The Labute approximate surface area is 364 Å². The number of carboxylic acids is 2. The molecule has 14 heteroatoms.